The average Bonchev–Trinajstić information content (AvgIpc) is 3.59. The van der Waals surface area contributed by atoms with E-state index in [0.717, 1.165) is 17.1 Å². The van der Waals surface area contributed by atoms with E-state index >= 15 is 0 Å². The molecule has 2 aliphatic rings. The number of para-hydroxylation sites is 1. The molecule has 1 amide bonds. The molecule has 158 valence electrons. The molecule has 1 aliphatic heterocycles. The largest absolute Gasteiger partial charge is 0.497 e. The molecule has 2 aromatic carbocycles. The number of carboxylic acids is 1. The molecule has 1 aliphatic carbocycles. The fourth-order valence-electron chi connectivity index (χ4n) is 3.64. The Bertz CT molecular complexity index is 1080. The van der Waals surface area contributed by atoms with Gasteiger partial charge in [0.15, 0.2) is 0 Å². The second kappa shape index (κ2) is 7.73. The minimum Gasteiger partial charge on any atom is -0.497 e. The van der Waals surface area contributed by atoms with Gasteiger partial charge in [0.1, 0.15) is 11.8 Å². The molecule has 0 radical (unpaired) electrons. The van der Waals surface area contributed by atoms with Crippen LogP contribution in [0, 0.1) is 5.92 Å². The van der Waals surface area contributed by atoms with Crippen LogP contribution in [-0.2, 0) is 26.2 Å². The fraction of sp³-hybridized carbons (Fsp3) is 0.333. The maximum Gasteiger partial charge on any atom is 0.323 e. The van der Waals surface area contributed by atoms with Crippen molar-refractivity contribution in [2.24, 2.45) is 5.92 Å². The van der Waals surface area contributed by atoms with Crippen LogP contribution < -0.4 is 9.64 Å². The fourth-order valence-corrected chi connectivity index (χ4v) is 5.20. The molecule has 9 heteroatoms. The summed E-state index contributed by atoms with van der Waals surface area (Å²) in [7, 11) is -2.67. The van der Waals surface area contributed by atoms with Gasteiger partial charge in [0.2, 0.25) is 15.9 Å². The number of aliphatic carboxylic acids is 1. The van der Waals surface area contributed by atoms with Crippen molar-refractivity contribution in [3.8, 4) is 5.75 Å². The van der Waals surface area contributed by atoms with E-state index in [9.17, 15) is 23.1 Å². The van der Waals surface area contributed by atoms with Crippen LogP contribution in [0.15, 0.2) is 53.4 Å². The molecule has 1 fully saturated rings. The minimum atomic E-state index is -4.14. The Morgan fingerprint density at radius 1 is 1.07 bits per heavy atom. The number of ether oxygens (including phenoxy) is 1. The Hall–Kier alpha value is -2.91. The highest BCUT2D eigenvalue weighted by Gasteiger charge is 2.43. The molecule has 0 bridgehead atoms. The van der Waals surface area contributed by atoms with Crippen LogP contribution in [-0.4, -0.2) is 49.4 Å². The zero-order valence-corrected chi connectivity index (χ0v) is 17.2. The SMILES string of the molecule is COc1ccc(S(=O)(=O)N2Cc3ccccc3N(C(=O)C3CC3)CC2C(=O)O)cc1. The monoisotopic (exact) mass is 430 g/mol. The molecule has 0 aromatic heterocycles. The second-order valence-electron chi connectivity index (χ2n) is 7.43. The van der Waals surface area contributed by atoms with E-state index in [2.05, 4.69) is 0 Å². The molecular weight excluding hydrogens is 408 g/mol. The summed E-state index contributed by atoms with van der Waals surface area (Å²) in [6.45, 7) is -0.382. The van der Waals surface area contributed by atoms with Gasteiger partial charge in [-0.25, -0.2) is 8.42 Å². The summed E-state index contributed by atoms with van der Waals surface area (Å²) >= 11 is 0. The number of carboxylic acid groups (broad SMARTS) is 1. The van der Waals surface area contributed by atoms with Crippen LogP contribution in [0.2, 0.25) is 0 Å². The van der Waals surface area contributed by atoms with Crippen molar-refractivity contribution in [3.63, 3.8) is 0 Å². The van der Waals surface area contributed by atoms with Gasteiger partial charge in [-0.2, -0.15) is 4.31 Å². The van der Waals surface area contributed by atoms with E-state index in [4.69, 9.17) is 4.74 Å². The van der Waals surface area contributed by atoms with Crippen LogP contribution in [0.4, 0.5) is 5.69 Å². The summed E-state index contributed by atoms with van der Waals surface area (Å²) < 4.78 is 32.9. The molecular formula is C21H22N2O6S. The molecule has 1 unspecified atom stereocenters. The highest BCUT2D eigenvalue weighted by atomic mass is 32.2. The molecule has 2 aromatic rings. The van der Waals surface area contributed by atoms with Gasteiger partial charge in [-0.3, -0.25) is 9.59 Å². The molecule has 1 saturated carbocycles. The highest BCUT2D eigenvalue weighted by Crippen LogP contribution is 2.37. The van der Waals surface area contributed by atoms with Crippen molar-refractivity contribution in [1.82, 2.24) is 4.31 Å². The van der Waals surface area contributed by atoms with E-state index in [0.29, 0.717) is 17.0 Å². The summed E-state index contributed by atoms with van der Waals surface area (Å²) in [5.74, 6) is -1.09. The molecule has 1 atom stereocenters. The number of anilines is 1. The van der Waals surface area contributed by atoms with Crippen molar-refractivity contribution in [2.45, 2.75) is 30.3 Å². The van der Waals surface area contributed by atoms with Gasteiger partial charge in [0.25, 0.3) is 0 Å². The molecule has 8 nitrogen and oxygen atoms in total. The van der Waals surface area contributed by atoms with E-state index in [1.165, 1.54) is 36.3 Å². The Kier molecular flexibility index (Phi) is 5.25. The molecule has 4 rings (SSSR count). The third kappa shape index (κ3) is 3.66. The predicted molar refractivity (Wildman–Crippen MR) is 109 cm³/mol. The zero-order chi connectivity index (χ0) is 21.5. The van der Waals surface area contributed by atoms with Gasteiger partial charge < -0.3 is 14.7 Å². The number of benzene rings is 2. The Balaban J connectivity index is 1.79. The summed E-state index contributed by atoms with van der Waals surface area (Å²) in [6.07, 6.45) is 1.53. The van der Waals surface area contributed by atoms with Crippen LogP contribution in [0.25, 0.3) is 0 Å². The Labute approximate surface area is 174 Å². The number of fused-ring (bicyclic) bond motifs is 1. The molecule has 0 saturated heterocycles. The first-order chi connectivity index (χ1) is 14.3. The normalized spacial score (nSPS) is 19.6. The van der Waals surface area contributed by atoms with E-state index in [-0.39, 0.29) is 29.8 Å². The molecule has 30 heavy (non-hydrogen) atoms. The number of carbonyl (C=O) groups is 2. The lowest BCUT2D eigenvalue weighted by atomic mass is 10.1. The smallest absolute Gasteiger partial charge is 0.323 e. The van der Waals surface area contributed by atoms with Crippen molar-refractivity contribution in [2.75, 3.05) is 18.6 Å². The first-order valence-corrected chi connectivity index (χ1v) is 11.0. The molecule has 0 spiro atoms. The number of rotatable bonds is 5. The van der Waals surface area contributed by atoms with Crippen LogP contribution >= 0.6 is 0 Å². The average molecular weight is 430 g/mol. The first kappa shape index (κ1) is 20.4. The van der Waals surface area contributed by atoms with Crippen LogP contribution in [0.5, 0.6) is 5.75 Å². The summed E-state index contributed by atoms with van der Waals surface area (Å²) in [5, 5.41) is 9.89. The predicted octanol–water partition coefficient (Wildman–Crippen LogP) is 2.10. The lowest BCUT2D eigenvalue weighted by Gasteiger charge is -2.28. The Morgan fingerprint density at radius 2 is 1.73 bits per heavy atom. The zero-order valence-electron chi connectivity index (χ0n) is 16.4. The topological polar surface area (TPSA) is 104 Å². The third-order valence-electron chi connectivity index (χ3n) is 5.46. The van der Waals surface area contributed by atoms with Gasteiger partial charge in [0, 0.05) is 18.2 Å². The van der Waals surface area contributed by atoms with Crippen molar-refractivity contribution in [1.29, 1.82) is 0 Å². The summed E-state index contributed by atoms with van der Waals surface area (Å²) in [4.78, 5) is 26.4. The van der Waals surface area contributed by atoms with Crippen molar-refractivity contribution >= 4 is 27.6 Å². The minimum absolute atomic E-state index is 0.0333. The quantitative estimate of drug-likeness (QED) is 0.779. The van der Waals surface area contributed by atoms with E-state index < -0.39 is 22.0 Å². The van der Waals surface area contributed by atoms with Gasteiger partial charge in [-0.15, -0.1) is 0 Å². The van der Waals surface area contributed by atoms with E-state index in [1.54, 1.807) is 24.3 Å². The number of hydrogen-bond acceptors (Lipinski definition) is 5. The maximum absolute atomic E-state index is 13.4. The number of hydrogen-bond donors (Lipinski definition) is 1. The molecule has 1 N–H and O–H groups in total. The van der Waals surface area contributed by atoms with Gasteiger partial charge in [0.05, 0.1) is 18.6 Å². The van der Waals surface area contributed by atoms with Gasteiger partial charge in [-0.1, -0.05) is 18.2 Å². The maximum atomic E-state index is 13.4. The number of carbonyl (C=O) groups excluding carboxylic acids is 1. The number of amides is 1. The standard InChI is InChI=1S/C21H22N2O6S/c1-29-16-8-10-17(11-9-16)30(27,28)23-12-15-4-2-3-5-18(15)22(13-19(23)21(25)26)20(24)14-6-7-14/h2-5,8-11,14,19H,6-7,12-13H2,1H3,(H,25,26). The molecule has 1 heterocycles. The highest BCUT2D eigenvalue weighted by molar-refractivity contribution is 7.89. The van der Waals surface area contributed by atoms with Crippen molar-refractivity contribution in [3.05, 3.63) is 54.1 Å². The van der Waals surface area contributed by atoms with E-state index in [1.807, 2.05) is 0 Å². The van der Waals surface area contributed by atoms with Gasteiger partial charge >= 0.3 is 5.97 Å². The first-order valence-electron chi connectivity index (χ1n) is 9.61. The summed E-state index contributed by atoms with van der Waals surface area (Å²) in [5.41, 5.74) is 1.15. The van der Waals surface area contributed by atoms with Crippen molar-refractivity contribution < 1.29 is 27.9 Å². The van der Waals surface area contributed by atoms with Gasteiger partial charge in [-0.05, 0) is 48.7 Å². The number of nitrogens with zero attached hydrogens (tertiary/aromatic N) is 2. The number of methoxy groups -OCH3 is 1. The third-order valence-corrected chi connectivity index (χ3v) is 7.32. The second-order valence-corrected chi connectivity index (χ2v) is 9.32. The lowest BCUT2D eigenvalue weighted by Crippen LogP contribution is -2.50. The lowest BCUT2D eigenvalue weighted by molar-refractivity contribution is -0.141. The Morgan fingerprint density at radius 3 is 2.33 bits per heavy atom. The summed E-state index contributed by atoms with van der Waals surface area (Å²) in [6, 6.07) is 11.4. The van der Waals surface area contributed by atoms with Crippen LogP contribution in [0.1, 0.15) is 18.4 Å². The number of sulfonamides is 1. The van der Waals surface area contributed by atoms with Crippen LogP contribution in [0.3, 0.4) is 0 Å².